The first-order valence-electron chi connectivity index (χ1n) is 12.6. The fraction of sp³-hybridized carbons (Fsp3) is 0.333. The van der Waals surface area contributed by atoms with E-state index in [1.807, 2.05) is 42.5 Å². The van der Waals surface area contributed by atoms with Crippen LogP contribution in [0.15, 0.2) is 54.6 Å². The molecule has 37 heavy (non-hydrogen) atoms. The van der Waals surface area contributed by atoms with E-state index in [0.717, 1.165) is 47.3 Å². The summed E-state index contributed by atoms with van der Waals surface area (Å²) >= 11 is 1.51. The van der Waals surface area contributed by atoms with E-state index in [4.69, 9.17) is 19.7 Å². The maximum Gasteiger partial charge on any atom is 0.414 e. The Labute approximate surface area is 218 Å². The quantitative estimate of drug-likeness (QED) is 0.311. The zero-order valence-electron chi connectivity index (χ0n) is 20.3. The Hall–Kier alpha value is -3.76. The molecule has 0 atom stereocenters. The van der Waals surface area contributed by atoms with Crippen molar-refractivity contribution in [2.75, 3.05) is 28.7 Å². The number of aliphatic hydroxyl groups is 1. The van der Waals surface area contributed by atoms with Crippen molar-refractivity contribution >= 4 is 50.2 Å². The van der Waals surface area contributed by atoms with Gasteiger partial charge >= 0.3 is 6.09 Å². The molecule has 10 heteroatoms. The third kappa shape index (κ3) is 5.50. The van der Waals surface area contributed by atoms with Gasteiger partial charge in [0.1, 0.15) is 12.4 Å². The molecule has 4 aromatic rings. The van der Waals surface area contributed by atoms with Crippen molar-refractivity contribution in [3.05, 3.63) is 65.9 Å². The molecule has 6 rings (SSSR count). The van der Waals surface area contributed by atoms with Crippen molar-refractivity contribution < 1.29 is 14.6 Å². The lowest BCUT2D eigenvalue weighted by atomic mass is 9.93. The number of hydrogen-bond acceptors (Lipinski definition) is 9. The van der Waals surface area contributed by atoms with Crippen LogP contribution in [0, 0.1) is 0 Å². The minimum absolute atomic E-state index is 0.212. The van der Waals surface area contributed by atoms with E-state index >= 15 is 0 Å². The molecule has 3 heterocycles. The van der Waals surface area contributed by atoms with Gasteiger partial charge in [0.15, 0.2) is 5.13 Å². The summed E-state index contributed by atoms with van der Waals surface area (Å²) in [4.78, 5) is 27.9. The van der Waals surface area contributed by atoms with Gasteiger partial charge in [-0.1, -0.05) is 41.7 Å². The van der Waals surface area contributed by atoms with E-state index in [2.05, 4.69) is 22.8 Å². The number of amides is 1. The molecule has 0 unspecified atom stereocenters. The molecule has 0 spiro atoms. The zero-order valence-corrected chi connectivity index (χ0v) is 21.1. The number of anilines is 4. The lowest BCUT2D eigenvalue weighted by Gasteiger charge is -2.26. The van der Waals surface area contributed by atoms with Crippen LogP contribution in [0.4, 0.5) is 27.4 Å². The summed E-state index contributed by atoms with van der Waals surface area (Å²) in [5.41, 5.74) is 3.73. The number of carbonyl (C=O) groups is 1. The van der Waals surface area contributed by atoms with Crippen LogP contribution in [0.3, 0.4) is 0 Å². The maximum absolute atomic E-state index is 12.0. The summed E-state index contributed by atoms with van der Waals surface area (Å²) in [5.74, 6) is 1.25. The van der Waals surface area contributed by atoms with Crippen molar-refractivity contribution in [2.24, 2.45) is 0 Å². The summed E-state index contributed by atoms with van der Waals surface area (Å²) in [5, 5.41) is 17.4. The molecule has 2 fully saturated rings. The molecule has 1 saturated carbocycles. The average Bonchev–Trinajstić information content (AvgIpc) is 3.50. The molecule has 1 aliphatic carbocycles. The van der Waals surface area contributed by atoms with Gasteiger partial charge in [-0.3, -0.25) is 4.90 Å². The number of thiazole rings is 1. The van der Waals surface area contributed by atoms with E-state index < -0.39 is 0 Å². The van der Waals surface area contributed by atoms with Gasteiger partial charge in [0.25, 0.3) is 0 Å². The van der Waals surface area contributed by atoms with Gasteiger partial charge in [0.05, 0.1) is 28.6 Å². The minimum Gasteiger partial charge on any atom is -0.447 e. The van der Waals surface area contributed by atoms with Crippen molar-refractivity contribution in [2.45, 2.75) is 44.2 Å². The molecular formula is C27H28N6O3S. The highest BCUT2D eigenvalue weighted by atomic mass is 32.1. The Kier molecular flexibility index (Phi) is 6.58. The number of aromatic nitrogens is 3. The molecule has 1 amide bonds. The third-order valence-electron chi connectivity index (χ3n) is 6.72. The first-order chi connectivity index (χ1) is 18.1. The monoisotopic (exact) mass is 516 g/mol. The van der Waals surface area contributed by atoms with Crippen LogP contribution in [0.1, 0.15) is 36.9 Å². The number of nitrogens with zero attached hydrogens (tertiary/aromatic N) is 4. The van der Waals surface area contributed by atoms with Gasteiger partial charge < -0.3 is 20.5 Å². The second kappa shape index (κ2) is 10.3. The number of aliphatic hydroxyl groups excluding tert-OH is 1. The predicted octanol–water partition coefficient (Wildman–Crippen LogP) is 5.09. The fourth-order valence-electron chi connectivity index (χ4n) is 4.80. The van der Waals surface area contributed by atoms with Crippen LogP contribution in [0.2, 0.25) is 0 Å². The van der Waals surface area contributed by atoms with E-state index in [9.17, 15) is 9.90 Å². The van der Waals surface area contributed by atoms with Crippen LogP contribution < -0.4 is 15.5 Å². The van der Waals surface area contributed by atoms with Gasteiger partial charge in [-0.05, 0) is 49.4 Å². The van der Waals surface area contributed by atoms with Crippen molar-refractivity contribution in [3.8, 4) is 0 Å². The molecule has 0 bridgehead atoms. The maximum atomic E-state index is 12.0. The number of hydrogen-bond donors (Lipinski definition) is 3. The zero-order chi connectivity index (χ0) is 25.2. The van der Waals surface area contributed by atoms with Crippen molar-refractivity contribution in [1.82, 2.24) is 15.0 Å². The topological polar surface area (TPSA) is 112 Å². The highest BCUT2D eigenvalue weighted by Gasteiger charge is 2.24. The molecule has 1 aliphatic heterocycles. The molecule has 2 aliphatic rings. The number of nitrogens with one attached hydrogen (secondary N) is 2. The van der Waals surface area contributed by atoms with Crippen LogP contribution in [-0.4, -0.2) is 51.4 Å². The Bertz CT molecular complexity index is 1400. The lowest BCUT2D eigenvalue weighted by Crippen LogP contribution is -2.29. The Morgan fingerprint density at radius 2 is 1.86 bits per heavy atom. The number of rotatable bonds is 7. The lowest BCUT2D eigenvalue weighted by molar-refractivity contribution is 0.126. The number of fused-ring (bicyclic) bond motifs is 1. The second-order valence-corrected chi connectivity index (χ2v) is 10.5. The van der Waals surface area contributed by atoms with Crippen LogP contribution in [0.5, 0.6) is 0 Å². The summed E-state index contributed by atoms with van der Waals surface area (Å²) in [6.45, 7) is 0.957. The van der Waals surface area contributed by atoms with Crippen LogP contribution in [-0.2, 0) is 11.2 Å². The van der Waals surface area contributed by atoms with Crippen molar-refractivity contribution in [3.63, 3.8) is 0 Å². The van der Waals surface area contributed by atoms with E-state index in [0.29, 0.717) is 36.5 Å². The van der Waals surface area contributed by atoms with Gasteiger partial charge in [-0.2, -0.15) is 4.98 Å². The third-order valence-corrected chi connectivity index (χ3v) is 7.65. The van der Waals surface area contributed by atoms with E-state index in [-0.39, 0.29) is 18.2 Å². The number of carbonyl (C=O) groups excluding carboxylic acids is 1. The summed E-state index contributed by atoms with van der Waals surface area (Å²) in [6, 6.07) is 18.2. The fourth-order valence-corrected chi connectivity index (χ4v) is 5.70. The first kappa shape index (κ1) is 23.6. The smallest absolute Gasteiger partial charge is 0.414 e. The Balaban J connectivity index is 1.26. The van der Waals surface area contributed by atoms with Crippen LogP contribution >= 0.6 is 11.3 Å². The summed E-state index contributed by atoms with van der Waals surface area (Å²) < 4.78 is 6.04. The van der Waals surface area contributed by atoms with E-state index in [1.165, 1.54) is 16.9 Å². The molecular weight excluding hydrogens is 488 g/mol. The Morgan fingerprint density at radius 3 is 2.65 bits per heavy atom. The second-order valence-electron chi connectivity index (χ2n) is 9.44. The molecule has 1 saturated heterocycles. The van der Waals surface area contributed by atoms with Gasteiger partial charge in [-0.25, -0.2) is 14.8 Å². The molecule has 3 N–H and O–H groups in total. The number of benzene rings is 2. The molecule has 0 radical (unpaired) electrons. The largest absolute Gasteiger partial charge is 0.447 e. The molecule has 2 aromatic heterocycles. The summed E-state index contributed by atoms with van der Waals surface area (Å²) in [6.07, 6.45) is 3.51. The predicted molar refractivity (Wildman–Crippen MR) is 145 cm³/mol. The van der Waals surface area contributed by atoms with Crippen molar-refractivity contribution in [1.29, 1.82) is 0 Å². The SMILES string of the molecule is O=C1OCCN1c1ccc2nc(Nc3cc(Cc4ccccc4)nc(NC4CCC(O)CC4)n3)sc2c1. The number of ether oxygens (including phenoxy) is 1. The average molecular weight is 517 g/mol. The van der Waals surface area contributed by atoms with Gasteiger partial charge in [0, 0.05) is 24.2 Å². The molecule has 190 valence electrons. The van der Waals surface area contributed by atoms with Gasteiger partial charge in [0.2, 0.25) is 5.95 Å². The number of cyclic esters (lactones) is 1. The molecule has 2 aromatic carbocycles. The molecule has 9 nitrogen and oxygen atoms in total. The van der Waals surface area contributed by atoms with Crippen LogP contribution in [0.25, 0.3) is 10.2 Å². The highest BCUT2D eigenvalue weighted by molar-refractivity contribution is 7.22. The minimum atomic E-state index is -0.318. The van der Waals surface area contributed by atoms with E-state index in [1.54, 1.807) is 4.90 Å². The Morgan fingerprint density at radius 1 is 1.03 bits per heavy atom. The standard InChI is InChI=1S/C27H28N6O3S/c34-21-9-6-18(7-10-21)28-25-29-19(14-17-4-2-1-3-5-17)15-24(31-25)32-26-30-22-11-8-20(16-23(22)37-26)33-12-13-36-27(33)35/h1-5,8,11,15-16,18,21,34H,6-7,9-10,12-14H2,(H2,28,29,30,31,32). The normalized spacial score (nSPS) is 19.7. The highest BCUT2D eigenvalue weighted by Crippen LogP contribution is 2.32. The summed E-state index contributed by atoms with van der Waals surface area (Å²) in [7, 11) is 0. The van der Waals surface area contributed by atoms with Gasteiger partial charge in [-0.15, -0.1) is 0 Å². The first-order valence-corrected chi connectivity index (χ1v) is 13.4.